The molecule has 1 aromatic carbocycles. The first kappa shape index (κ1) is 13.5. The summed E-state index contributed by atoms with van der Waals surface area (Å²) in [5.74, 6) is -1.68. The fourth-order valence-corrected chi connectivity index (χ4v) is 2.75. The average molecular weight is 279 g/mol. The molecule has 0 aliphatic rings. The average Bonchev–Trinajstić information content (AvgIpc) is 2.90. The van der Waals surface area contributed by atoms with E-state index in [9.17, 15) is 9.18 Å². The molecule has 0 fully saturated rings. The number of halogens is 1. The molecule has 0 saturated heterocycles. The lowest BCUT2D eigenvalue weighted by atomic mass is 10.1. The van der Waals surface area contributed by atoms with Gasteiger partial charge in [-0.25, -0.2) is 9.18 Å². The molecule has 100 valence electrons. The number of anilines is 1. The normalized spacial score (nSPS) is 12.1. The Morgan fingerprint density at radius 1 is 1.42 bits per heavy atom. The van der Waals surface area contributed by atoms with Gasteiger partial charge in [0.2, 0.25) is 0 Å². The molecule has 1 unspecified atom stereocenters. The van der Waals surface area contributed by atoms with Crippen molar-refractivity contribution in [2.24, 2.45) is 0 Å². The summed E-state index contributed by atoms with van der Waals surface area (Å²) in [7, 11) is 0. The summed E-state index contributed by atoms with van der Waals surface area (Å²) in [6, 6.07) is 7.84. The first-order chi connectivity index (χ1) is 9.13. The van der Waals surface area contributed by atoms with Crippen molar-refractivity contribution < 1.29 is 14.3 Å². The maximum Gasteiger partial charge on any atom is 0.337 e. The summed E-state index contributed by atoms with van der Waals surface area (Å²) in [6.07, 6.45) is 0.744. The Balaban J connectivity index is 2.34. The lowest BCUT2D eigenvalue weighted by molar-refractivity contribution is 0.0697. The number of benzene rings is 1. The van der Waals surface area contributed by atoms with E-state index in [4.69, 9.17) is 5.11 Å². The van der Waals surface area contributed by atoms with Gasteiger partial charge >= 0.3 is 5.97 Å². The first-order valence-electron chi connectivity index (χ1n) is 5.95. The van der Waals surface area contributed by atoms with E-state index < -0.39 is 11.8 Å². The molecule has 1 heterocycles. The van der Waals surface area contributed by atoms with Gasteiger partial charge in [0.1, 0.15) is 5.82 Å². The SMILES string of the molecule is CCC(Nc1c(F)cccc1C(=O)O)c1cccs1. The third kappa shape index (κ3) is 2.93. The van der Waals surface area contributed by atoms with Gasteiger partial charge in [-0.3, -0.25) is 0 Å². The Labute approximate surface area is 114 Å². The molecule has 3 nitrogen and oxygen atoms in total. The van der Waals surface area contributed by atoms with Crippen LogP contribution in [0.4, 0.5) is 10.1 Å². The van der Waals surface area contributed by atoms with Crippen LogP contribution in [-0.4, -0.2) is 11.1 Å². The third-order valence-corrected chi connectivity index (χ3v) is 3.84. The highest BCUT2D eigenvalue weighted by Crippen LogP contribution is 2.29. The maximum absolute atomic E-state index is 13.8. The van der Waals surface area contributed by atoms with Gasteiger partial charge < -0.3 is 10.4 Å². The Morgan fingerprint density at radius 3 is 2.79 bits per heavy atom. The van der Waals surface area contributed by atoms with Crippen molar-refractivity contribution in [1.29, 1.82) is 0 Å². The van der Waals surface area contributed by atoms with Crippen molar-refractivity contribution in [3.63, 3.8) is 0 Å². The van der Waals surface area contributed by atoms with Gasteiger partial charge in [-0.1, -0.05) is 19.1 Å². The largest absolute Gasteiger partial charge is 0.478 e. The zero-order valence-electron chi connectivity index (χ0n) is 10.4. The molecule has 0 bridgehead atoms. The highest BCUT2D eigenvalue weighted by Gasteiger charge is 2.18. The van der Waals surface area contributed by atoms with Gasteiger partial charge in [-0.15, -0.1) is 11.3 Å². The molecular weight excluding hydrogens is 265 g/mol. The highest BCUT2D eigenvalue weighted by atomic mass is 32.1. The van der Waals surface area contributed by atoms with E-state index in [0.717, 1.165) is 11.3 Å². The summed E-state index contributed by atoms with van der Waals surface area (Å²) in [6.45, 7) is 1.97. The number of hydrogen-bond acceptors (Lipinski definition) is 3. The molecule has 0 saturated carbocycles. The Bertz CT molecular complexity index is 569. The van der Waals surface area contributed by atoms with Gasteiger partial charge in [0.15, 0.2) is 0 Å². The van der Waals surface area contributed by atoms with E-state index in [-0.39, 0.29) is 17.3 Å². The lowest BCUT2D eigenvalue weighted by Crippen LogP contribution is -2.13. The number of hydrogen-bond donors (Lipinski definition) is 2. The smallest absolute Gasteiger partial charge is 0.337 e. The highest BCUT2D eigenvalue weighted by molar-refractivity contribution is 7.10. The van der Waals surface area contributed by atoms with Crippen LogP contribution in [0.2, 0.25) is 0 Å². The predicted octanol–water partition coefficient (Wildman–Crippen LogP) is 4.15. The zero-order valence-corrected chi connectivity index (χ0v) is 11.2. The molecule has 2 aromatic rings. The van der Waals surface area contributed by atoms with Crippen molar-refractivity contribution in [2.75, 3.05) is 5.32 Å². The fraction of sp³-hybridized carbons (Fsp3) is 0.214. The quantitative estimate of drug-likeness (QED) is 0.864. The molecular formula is C14H14FNO2S. The number of nitrogens with one attached hydrogen (secondary N) is 1. The van der Waals surface area contributed by atoms with Crippen LogP contribution in [0, 0.1) is 5.82 Å². The third-order valence-electron chi connectivity index (χ3n) is 2.86. The molecule has 5 heteroatoms. The Morgan fingerprint density at radius 2 is 2.21 bits per heavy atom. The summed E-state index contributed by atoms with van der Waals surface area (Å²) in [5, 5.41) is 14.0. The van der Waals surface area contributed by atoms with Crippen molar-refractivity contribution in [1.82, 2.24) is 0 Å². The van der Waals surface area contributed by atoms with Gasteiger partial charge in [-0.2, -0.15) is 0 Å². The minimum absolute atomic E-state index is 0.0463. The number of carbonyl (C=O) groups is 1. The summed E-state index contributed by atoms with van der Waals surface area (Å²) in [4.78, 5) is 12.2. The van der Waals surface area contributed by atoms with E-state index >= 15 is 0 Å². The van der Waals surface area contributed by atoms with Crippen molar-refractivity contribution >= 4 is 23.0 Å². The summed E-state index contributed by atoms with van der Waals surface area (Å²) in [5.41, 5.74) is 0.00487. The van der Waals surface area contributed by atoms with Crippen LogP contribution < -0.4 is 5.32 Å². The maximum atomic E-state index is 13.8. The molecule has 0 spiro atoms. The predicted molar refractivity (Wildman–Crippen MR) is 74.3 cm³/mol. The monoisotopic (exact) mass is 279 g/mol. The molecule has 0 aliphatic heterocycles. The van der Waals surface area contributed by atoms with Crippen LogP contribution >= 0.6 is 11.3 Å². The van der Waals surface area contributed by atoms with Crippen LogP contribution in [0.5, 0.6) is 0 Å². The van der Waals surface area contributed by atoms with Crippen LogP contribution in [0.3, 0.4) is 0 Å². The molecule has 1 atom stereocenters. The molecule has 0 radical (unpaired) electrons. The minimum Gasteiger partial charge on any atom is -0.478 e. The number of rotatable bonds is 5. The molecule has 2 rings (SSSR count). The number of carboxylic acids is 1. The van der Waals surface area contributed by atoms with Crippen LogP contribution in [0.25, 0.3) is 0 Å². The van der Waals surface area contributed by atoms with Crippen molar-refractivity contribution in [3.8, 4) is 0 Å². The Hall–Kier alpha value is -1.88. The van der Waals surface area contributed by atoms with Crippen molar-refractivity contribution in [2.45, 2.75) is 19.4 Å². The van der Waals surface area contributed by atoms with Gasteiger partial charge in [0.25, 0.3) is 0 Å². The van der Waals surface area contributed by atoms with E-state index in [1.54, 1.807) is 11.3 Å². The summed E-state index contributed by atoms with van der Waals surface area (Å²) >= 11 is 1.56. The molecule has 2 N–H and O–H groups in total. The van der Waals surface area contributed by atoms with Crippen molar-refractivity contribution in [3.05, 3.63) is 52.0 Å². The van der Waals surface area contributed by atoms with E-state index in [1.807, 2.05) is 24.4 Å². The number of para-hydroxylation sites is 1. The van der Waals surface area contributed by atoms with Crippen LogP contribution in [0.1, 0.15) is 34.6 Å². The summed E-state index contributed by atoms with van der Waals surface area (Å²) < 4.78 is 13.8. The number of thiophene rings is 1. The topological polar surface area (TPSA) is 49.3 Å². The second-order valence-corrected chi connectivity index (χ2v) is 5.07. The minimum atomic E-state index is -1.14. The number of aromatic carboxylic acids is 1. The standard InChI is InChI=1S/C14H14FNO2S/c1-2-11(12-7-4-8-19-12)16-13-9(14(17)18)5-3-6-10(13)15/h3-8,11,16H,2H2,1H3,(H,17,18). The van der Waals surface area contributed by atoms with Gasteiger partial charge in [0.05, 0.1) is 17.3 Å². The zero-order chi connectivity index (χ0) is 13.8. The van der Waals surface area contributed by atoms with E-state index in [2.05, 4.69) is 5.32 Å². The molecule has 1 aromatic heterocycles. The van der Waals surface area contributed by atoms with Gasteiger partial charge in [-0.05, 0) is 30.0 Å². The molecule has 0 amide bonds. The fourth-order valence-electron chi connectivity index (χ4n) is 1.89. The lowest BCUT2D eigenvalue weighted by Gasteiger charge is -2.18. The number of carboxylic acid groups (broad SMARTS) is 1. The second kappa shape index (κ2) is 5.84. The molecule has 0 aliphatic carbocycles. The molecule has 19 heavy (non-hydrogen) atoms. The van der Waals surface area contributed by atoms with Crippen LogP contribution in [0.15, 0.2) is 35.7 Å². The first-order valence-corrected chi connectivity index (χ1v) is 6.83. The van der Waals surface area contributed by atoms with E-state index in [1.165, 1.54) is 18.2 Å². The van der Waals surface area contributed by atoms with E-state index in [0.29, 0.717) is 0 Å². The second-order valence-electron chi connectivity index (χ2n) is 4.09. The van der Waals surface area contributed by atoms with Crippen LogP contribution in [-0.2, 0) is 0 Å². The Kier molecular flexibility index (Phi) is 4.16. The van der Waals surface area contributed by atoms with Gasteiger partial charge in [0, 0.05) is 4.88 Å².